The van der Waals surface area contributed by atoms with Gasteiger partial charge in [-0.05, 0) is 43.3 Å². The Hall–Kier alpha value is -2.87. The summed E-state index contributed by atoms with van der Waals surface area (Å²) in [6, 6.07) is 13.0. The second kappa shape index (κ2) is 7.80. The van der Waals surface area contributed by atoms with Crippen molar-refractivity contribution >= 4 is 23.6 Å². The molecule has 0 aliphatic carbocycles. The van der Waals surface area contributed by atoms with Crippen molar-refractivity contribution in [3.05, 3.63) is 48.7 Å². The average molecular weight is 355 g/mol. The Labute approximate surface area is 149 Å². The number of H-pyrrole nitrogens is 1. The van der Waals surface area contributed by atoms with Crippen molar-refractivity contribution < 1.29 is 9.53 Å². The van der Waals surface area contributed by atoms with E-state index in [9.17, 15) is 4.79 Å². The first-order valence-corrected chi connectivity index (χ1v) is 8.49. The lowest BCUT2D eigenvalue weighted by atomic mass is 10.3. The van der Waals surface area contributed by atoms with E-state index in [0.717, 1.165) is 10.6 Å². The van der Waals surface area contributed by atoms with Gasteiger partial charge >= 0.3 is 0 Å². The van der Waals surface area contributed by atoms with E-state index in [4.69, 9.17) is 4.74 Å². The SMILES string of the molecule is COc1ccc(S[C@H](C)C(=O)Nc2n[nH]c(-c3ccccn3)n2)cc1. The maximum atomic E-state index is 12.3. The number of carbonyl (C=O) groups excluding carboxylic acids is 1. The average Bonchev–Trinajstić information content (AvgIpc) is 3.11. The van der Waals surface area contributed by atoms with E-state index < -0.39 is 0 Å². The number of anilines is 1. The largest absolute Gasteiger partial charge is 0.497 e. The van der Waals surface area contributed by atoms with Crippen LogP contribution in [0.3, 0.4) is 0 Å². The summed E-state index contributed by atoms with van der Waals surface area (Å²) in [6.45, 7) is 1.83. The summed E-state index contributed by atoms with van der Waals surface area (Å²) in [6.07, 6.45) is 1.67. The summed E-state index contributed by atoms with van der Waals surface area (Å²) in [5, 5.41) is 9.19. The molecule has 0 bridgehead atoms. The lowest BCUT2D eigenvalue weighted by molar-refractivity contribution is -0.115. The van der Waals surface area contributed by atoms with E-state index in [-0.39, 0.29) is 17.1 Å². The Balaban J connectivity index is 1.60. The molecule has 8 heteroatoms. The Bertz CT molecular complexity index is 836. The molecule has 2 aromatic heterocycles. The topological polar surface area (TPSA) is 92.8 Å². The fraction of sp³-hybridized carbons (Fsp3) is 0.176. The van der Waals surface area contributed by atoms with Gasteiger partial charge in [-0.2, -0.15) is 4.98 Å². The smallest absolute Gasteiger partial charge is 0.249 e. The monoisotopic (exact) mass is 355 g/mol. The van der Waals surface area contributed by atoms with Gasteiger partial charge in [0.15, 0.2) is 5.82 Å². The molecule has 2 heterocycles. The van der Waals surface area contributed by atoms with Crippen LogP contribution < -0.4 is 10.1 Å². The first kappa shape index (κ1) is 17.0. The number of hydrogen-bond donors (Lipinski definition) is 2. The minimum Gasteiger partial charge on any atom is -0.497 e. The van der Waals surface area contributed by atoms with Crippen LogP contribution in [-0.4, -0.2) is 38.4 Å². The van der Waals surface area contributed by atoms with E-state index in [0.29, 0.717) is 11.5 Å². The molecule has 1 amide bonds. The van der Waals surface area contributed by atoms with Gasteiger partial charge in [-0.25, -0.2) is 0 Å². The molecule has 0 saturated heterocycles. The molecule has 25 heavy (non-hydrogen) atoms. The van der Waals surface area contributed by atoms with E-state index in [1.54, 1.807) is 13.3 Å². The molecule has 128 valence electrons. The van der Waals surface area contributed by atoms with Crippen LogP contribution in [-0.2, 0) is 4.79 Å². The number of nitrogens with one attached hydrogen (secondary N) is 2. The molecule has 1 atom stereocenters. The van der Waals surface area contributed by atoms with Crippen LogP contribution >= 0.6 is 11.8 Å². The molecule has 0 spiro atoms. The van der Waals surface area contributed by atoms with Crippen molar-refractivity contribution in [2.24, 2.45) is 0 Å². The third-order valence-corrected chi connectivity index (χ3v) is 4.48. The molecule has 1 aromatic carbocycles. The highest BCUT2D eigenvalue weighted by Crippen LogP contribution is 2.26. The molecule has 0 aliphatic rings. The van der Waals surface area contributed by atoms with Crippen LogP contribution in [0.5, 0.6) is 5.75 Å². The highest BCUT2D eigenvalue weighted by Gasteiger charge is 2.17. The van der Waals surface area contributed by atoms with Gasteiger partial charge in [0.1, 0.15) is 11.4 Å². The molecule has 0 saturated carbocycles. The zero-order valence-corrected chi connectivity index (χ0v) is 14.6. The van der Waals surface area contributed by atoms with Crippen LogP contribution in [0, 0.1) is 0 Å². The number of pyridine rings is 1. The van der Waals surface area contributed by atoms with Crippen molar-refractivity contribution in [3.63, 3.8) is 0 Å². The number of methoxy groups -OCH3 is 1. The van der Waals surface area contributed by atoms with Crippen LogP contribution in [0.15, 0.2) is 53.6 Å². The molecule has 3 rings (SSSR count). The number of benzene rings is 1. The number of aromatic nitrogens is 4. The van der Waals surface area contributed by atoms with Gasteiger partial charge in [-0.1, -0.05) is 6.07 Å². The van der Waals surface area contributed by atoms with Crippen LogP contribution in [0.1, 0.15) is 6.92 Å². The van der Waals surface area contributed by atoms with E-state index >= 15 is 0 Å². The van der Waals surface area contributed by atoms with Crippen molar-refractivity contribution in [2.75, 3.05) is 12.4 Å². The van der Waals surface area contributed by atoms with Crippen molar-refractivity contribution in [3.8, 4) is 17.3 Å². The van der Waals surface area contributed by atoms with Gasteiger partial charge < -0.3 is 4.74 Å². The normalized spacial score (nSPS) is 11.8. The number of ether oxygens (including phenoxy) is 1. The van der Waals surface area contributed by atoms with Crippen molar-refractivity contribution in [1.29, 1.82) is 0 Å². The number of carbonyl (C=O) groups is 1. The molecule has 0 unspecified atom stereocenters. The number of nitrogens with zero attached hydrogens (tertiary/aromatic N) is 3. The van der Waals surface area contributed by atoms with Crippen LogP contribution in [0.4, 0.5) is 5.95 Å². The minimum atomic E-state index is -0.301. The Morgan fingerprint density at radius 3 is 2.72 bits per heavy atom. The summed E-state index contributed by atoms with van der Waals surface area (Å²) in [4.78, 5) is 21.7. The maximum Gasteiger partial charge on any atom is 0.249 e. The molecule has 7 nitrogen and oxygen atoms in total. The van der Waals surface area contributed by atoms with Crippen LogP contribution in [0.2, 0.25) is 0 Å². The second-order valence-corrected chi connectivity index (χ2v) is 6.56. The fourth-order valence-electron chi connectivity index (χ4n) is 2.06. The first-order valence-electron chi connectivity index (χ1n) is 7.61. The van der Waals surface area contributed by atoms with E-state index in [2.05, 4.69) is 25.5 Å². The van der Waals surface area contributed by atoms with Crippen LogP contribution in [0.25, 0.3) is 11.5 Å². The lowest BCUT2D eigenvalue weighted by Gasteiger charge is -2.10. The Kier molecular flexibility index (Phi) is 5.30. The Morgan fingerprint density at radius 1 is 1.24 bits per heavy atom. The molecular weight excluding hydrogens is 338 g/mol. The predicted octanol–water partition coefficient (Wildman–Crippen LogP) is 2.99. The third-order valence-electron chi connectivity index (χ3n) is 3.37. The zero-order valence-electron chi connectivity index (χ0n) is 13.8. The lowest BCUT2D eigenvalue weighted by Crippen LogP contribution is -2.23. The van der Waals surface area contributed by atoms with Gasteiger partial charge in [-0.15, -0.1) is 16.9 Å². The molecule has 0 radical (unpaired) electrons. The summed E-state index contributed by atoms with van der Waals surface area (Å²) in [7, 11) is 1.62. The summed E-state index contributed by atoms with van der Waals surface area (Å²) < 4.78 is 5.13. The predicted molar refractivity (Wildman–Crippen MR) is 96.6 cm³/mol. The highest BCUT2D eigenvalue weighted by molar-refractivity contribution is 8.00. The van der Waals surface area contributed by atoms with Gasteiger partial charge in [-0.3, -0.25) is 20.2 Å². The number of thioether (sulfide) groups is 1. The molecule has 2 N–H and O–H groups in total. The van der Waals surface area contributed by atoms with Gasteiger partial charge in [0.05, 0.1) is 12.4 Å². The molecule has 0 aliphatic heterocycles. The summed E-state index contributed by atoms with van der Waals surface area (Å²) in [5.74, 6) is 1.34. The zero-order chi connectivity index (χ0) is 17.6. The number of aromatic amines is 1. The number of rotatable bonds is 6. The standard InChI is InChI=1S/C17H17N5O2S/c1-11(25-13-8-6-12(24-2)7-9-13)16(23)20-17-19-15(21-22-17)14-5-3-4-10-18-14/h3-11H,1-2H3,(H2,19,20,21,22,23)/t11-/m1/s1. The quantitative estimate of drug-likeness (QED) is 0.660. The molecule has 3 aromatic rings. The maximum absolute atomic E-state index is 12.3. The Morgan fingerprint density at radius 2 is 2.04 bits per heavy atom. The van der Waals surface area contributed by atoms with Gasteiger partial charge in [0.2, 0.25) is 11.9 Å². The van der Waals surface area contributed by atoms with Gasteiger partial charge in [0, 0.05) is 11.1 Å². The summed E-state index contributed by atoms with van der Waals surface area (Å²) in [5.41, 5.74) is 0.663. The first-order chi connectivity index (χ1) is 12.2. The van der Waals surface area contributed by atoms with Gasteiger partial charge in [0.25, 0.3) is 0 Å². The molecule has 0 fully saturated rings. The summed E-state index contributed by atoms with van der Waals surface area (Å²) >= 11 is 1.45. The van der Waals surface area contributed by atoms with E-state index in [1.807, 2.05) is 49.4 Å². The highest BCUT2D eigenvalue weighted by atomic mass is 32.2. The fourth-order valence-corrected chi connectivity index (χ4v) is 2.93. The third kappa shape index (κ3) is 4.36. The minimum absolute atomic E-state index is 0.174. The molecular formula is C17H17N5O2S. The van der Waals surface area contributed by atoms with Crippen molar-refractivity contribution in [1.82, 2.24) is 20.2 Å². The van der Waals surface area contributed by atoms with E-state index in [1.165, 1.54) is 11.8 Å². The van der Waals surface area contributed by atoms with Crippen molar-refractivity contribution in [2.45, 2.75) is 17.1 Å². The number of hydrogen-bond acceptors (Lipinski definition) is 6. The number of amides is 1. The second-order valence-electron chi connectivity index (χ2n) is 5.15.